The highest BCUT2D eigenvalue weighted by Gasteiger charge is 2.58. The zero-order chi connectivity index (χ0) is 27.9. The summed E-state index contributed by atoms with van der Waals surface area (Å²) in [6.07, 6.45) is -0.252. The molecule has 1 fully saturated rings. The molecule has 3 aromatic heterocycles. The smallest absolute Gasteiger partial charge is 0.412 e. The first-order valence-corrected chi connectivity index (χ1v) is 13.3. The summed E-state index contributed by atoms with van der Waals surface area (Å²) < 4.78 is 45.9. The number of rotatable bonds is 6. The van der Waals surface area contributed by atoms with Crippen molar-refractivity contribution < 1.29 is 41.2 Å². The predicted octanol–water partition coefficient (Wildman–Crippen LogP) is 2.42. The van der Waals surface area contributed by atoms with E-state index >= 15 is 0 Å². The van der Waals surface area contributed by atoms with Crippen LogP contribution < -0.4 is 5.32 Å². The van der Waals surface area contributed by atoms with E-state index < -0.39 is 33.6 Å². The fraction of sp³-hybridized carbons (Fsp3) is 0.292. The second-order valence-electron chi connectivity index (χ2n) is 8.86. The number of benzene rings is 1. The standard InChI is InChI=1S/C24H21N5O9S/c1-13(15-7-5-4-6-8-15)35-23(32)26-18-14(2)38-28-16(18)9-10-17-25-19-20(36-17)27-21(37-19)24(22(30)31)11-29(12-24)39(3,33)34/h4-8,13H,11-12H2,1-3H3,(H,26,32)(H,30,31). The number of carbonyl (C=O) groups excluding carboxylic acids is 1. The first kappa shape index (κ1) is 25.9. The predicted molar refractivity (Wildman–Crippen MR) is 132 cm³/mol. The maximum absolute atomic E-state index is 12.4. The Morgan fingerprint density at radius 2 is 1.85 bits per heavy atom. The number of aromatic nitrogens is 3. The number of fused-ring (bicyclic) bond motifs is 1. The molecule has 1 aromatic carbocycles. The zero-order valence-corrected chi connectivity index (χ0v) is 21.6. The Kier molecular flexibility index (Phi) is 6.36. The summed E-state index contributed by atoms with van der Waals surface area (Å²) in [6.45, 7) is 2.66. The molecule has 0 aliphatic carbocycles. The van der Waals surface area contributed by atoms with E-state index in [-0.39, 0.29) is 47.7 Å². The van der Waals surface area contributed by atoms with E-state index in [0.717, 1.165) is 16.1 Å². The Morgan fingerprint density at radius 1 is 1.15 bits per heavy atom. The van der Waals surface area contributed by atoms with Gasteiger partial charge in [-0.2, -0.15) is 14.3 Å². The lowest BCUT2D eigenvalue weighted by Crippen LogP contribution is -2.64. The van der Waals surface area contributed by atoms with Crippen LogP contribution in [0.3, 0.4) is 0 Å². The highest BCUT2D eigenvalue weighted by molar-refractivity contribution is 7.88. The molecule has 2 N–H and O–H groups in total. The van der Waals surface area contributed by atoms with Crippen molar-refractivity contribution in [1.29, 1.82) is 0 Å². The number of aryl methyl sites for hydroxylation is 1. The Hall–Kier alpha value is -4.68. The van der Waals surface area contributed by atoms with Gasteiger partial charge in [0.25, 0.3) is 17.3 Å². The molecule has 15 heteroatoms. The van der Waals surface area contributed by atoms with Gasteiger partial charge in [0.1, 0.15) is 11.8 Å². The van der Waals surface area contributed by atoms with Crippen LogP contribution in [0.2, 0.25) is 0 Å². The van der Waals surface area contributed by atoms with Crippen molar-refractivity contribution in [2.45, 2.75) is 25.4 Å². The highest BCUT2D eigenvalue weighted by Crippen LogP contribution is 2.37. The molecule has 0 bridgehead atoms. The fourth-order valence-corrected chi connectivity index (χ4v) is 4.76. The SMILES string of the molecule is Cc1onc(C#Cc2nc3oc(C4(C(=O)O)CN(S(C)(=O)=O)C4)nc3o2)c1NC(=O)OC(C)c1ccccc1. The molecule has 0 radical (unpaired) electrons. The van der Waals surface area contributed by atoms with Gasteiger partial charge in [0.2, 0.25) is 15.9 Å². The third-order valence-electron chi connectivity index (χ3n) is 6.09. The lowest BCUT2D eigenvalue weighted by atomic mass is 9.81. The van der Waals surface area contributed by atoms with Crippen LogP contribution in [0.15, 0.2) is 43.7 Å². The number of carbonyl (C=O) groups is 2. The number of carboxylic acid groups (broad SMARTS) is 1. The van der Waals surface area contributed by atoms with E-state index in [1.807, 2.05) is 30.3 Å². The molecular formula is C24H21N5O9S. The van der Waals surface area contributed by atoms with Crippen molar-refractivity contribution in [2.24, 2.45) is 0 Å². The van der Waals surface area contributed by atoms with Gasteiger partial charge in [-0.05, 0) is 25.3 Å². The number of anilines is 1. The van der Waals surface area contributed by atoms with E-state index in [1.165, 1.54) is 0 Å². The van der Waals surface area contributed by atoms with Gasteiger partial charge in [0, 0.05) is 19.0 Å². The second-order valence-corrected chi connectivity index (χ2v) is 10.8. The molecule has 0 saturated carbocycles. The molecule has 1 saturated heterocycles. The van der Waals surface area contributed by atoms with Crippen LogP contribution in [-0.4, -0.2) is 64.4 Å². The Morgan fingerprint density at radius 3 is 2.49 bits per heavy atom. The van der Waals surface area contributed by atoms with E-state index in [0.29, 0.717) is 5.76 Å². The molecule has 202 valence electrons. The van der Waals surface area contributed by atoms with Crippen LogP contribution in [-0.2, 0) is 25.0 Å². The summed E-state index contributed by atoms with van der Waals surface area (Å²) in [6, 6.07) is 9.20. The van der Waals surface area contributed by atoms with E-state index in [4.69, 9.17) is 18.1 Å². The summed E-state index contributed by atoms with van der Waals surface area (Å²) in [7, 11) is -3.57. The van der Waals surface area contributed by atoms with E-state index in [2.05, 4.69) is 32.3 Å². The van der Waals surface area contributed by atoms with Crippen molar-refractivity contribution in [3.8, 4) is 11.8 Å². The minimum absolute atomic E-state index is 0.0837. The molecule has 0 spiro atoms. The molecular weight excluding hydrogens is 534 g/mol. The average Bonchev–Trinajstić information content (AvgIpc) is 3.50. The highest BCUT2D eigenvalue weighted by atomic mass is 32.2. The Labute approximate surface area is 221 Å². The fourth-order valence-electron chi connectivity index (χ4n) is 3.85. The number of sulfonamides is 1. The Balaban J connectivity index is 1.31. The quantitative estimate of drug-likeness (QED) is 0.331. The number of hydrogen-bond acceptors (Lipinski definition) is 11. The van der Waals surface area contributed by atoms with Crippen LogP contribution in [0.25, 0.3) is 11.4 Å². The maximum atomic E-state index is 12.4. The second kappa shape index (κ2) is 9.57. The van der Waals surface area contributed by atoms with E-state index in [1.54, 1.807) is 13.8 Å². The summed E-state index contributed by atoms with van der Waals surface area (Å²) in [5.41, 5.74) is -0.766. The molecule has 1 aliphatic heterocycles. The van der Waals surface area contributed by atoms with Crippen molar-refractivity contribution >= 4 is 39.2 Å². The Bertz CT molecular complexity index is 1710. The van der Waals surface area contributed by atoms with Gasteiger partial charge in [-0.1, -0.05) is 35.5 Å². The van der Waals surface area contributed by atoms with Crippen LogP contribution in [0, 0.1) is 18.8 Å². The first-order valence-electron chi connectivity index (χ1n) is 11.4. The van der Waals surface area contributed by atoms with Crippen molar-refractivity contribution in [3.05, 3.63) is 59.1 Å². The summed E-state index contributed by atoms with van der Waals surface area (Å²) >= 11 is 0. The molecule has 14 nitrogen and oxygen atoms in total. The monoisotopic (exact) mass is 555 g/mol. The summed E-state index contributed by atoms with van der Waals surface area (Å²) in [5, 5.41) is 16.1. The van der Waals surface area contributed by atoms with Gasteiger partial charge in [0.15, 0.2) is 16.9 Å². The number of carboxylic acids is 1. The molecule has 1 amide bonds. The van der Waals surface area contributed by atoms with Crippen LogP contribution >= 0.6 is 0 Å². The number of nitrogens with one attached hydrogen (secondary N) is 1. The lowest BCUT2D eigenvalue weighted by Gasteiger charge is -2.42. The molecule has 4 aromatic rings. The summed E-state index contributed by atoms with van der Waals surface area (Å²) in [5.74, 6) is 3.96. The van der Waals surface area contributed by atoms with Gasteiger partial charge >= 0.3 is 12.1 Å². The molecule has 1 aliphatic rings. The van der Waals surface area contributed by atoms with Gasteiger partial charge in [-0.25, -0.2) is 13.2 Å². The molecule has 39 heavy (non-hydrogen) atoms. The number of nitrogens with zero attached hydrogens (tertiary/aromatic N) is 4. The average molecular weight is 556 g/mol. The number of aliphatic carboxylic acids is 1. The molecule has 1 atom stereocenters. The minimum atomic E-state index is -3.57. The molecule has 5 rings (SSSR count). The van der Waals surface area contributed by atoms with E-state index in [9.17, 15) is 23.1 Å². The van der Waals surface area contributed by atoms with Crippen molar-refractivity contribution in [3.63, 3.8) is 0 Å². The number of hydrogen-bond donors (Lipinski definition) is 2. The lowest BCUT2D eigenvalue weighted by molar-refractivity contribution is -0.149. The van der Waals surface area contributed by atoms with Crippen LogP contribution in [0.5, 0.6) is 0 Å². The first-order chi connectivity index (χ1) is 18.5. The maximum Gasteiger partial charge on any atom is 0.412 e. The van der Waals surface area contributed by atoms with Gasteiger partial charge in [-0.15, -0.1) is 0 Å². The number of amides is 1. The van der Waals surface area contributed by atoms with Gasteiger partial charge in [-0.3, -0.25) is 10.1 Å². The normalized spacial score (nSPS) is 15.7. The molecule has 4 heterocycles. The molecule has 1 unspecified atom stereocenters. The third kappa shape index (κ3) is 4.94. The topological polar surface area (TPSA) is 191 Å². The minimum Gasteiger partial charge on any atom is -0.480 e. The van der Waals surface area contributed by atoms with Crippen LogP contribution in [0.1, 0.15) is 41.8 Å². The van der Waals surface area contributed by atoms with Gasteiger partial charge < -0.3 is 23.2 Å². The third-order valence-corrected chi connectivity index (χ3v) is 7.28. The number of ether oxygens (including phenoxy) is 1. The van der Waals surface area contributed by atoms with Crippen molar-refractivity contribution in [2.75, 3.05) is 24.7 Å². The van der Waals surface area contributed by atoms with Gasteiger partial charge in [0.05, 0.1) is 6.26 Å². The number of oxazole rings is 2. The van der Waals surface area contributed by atoms with Crippen molar-refractivity contribution in [1.82, 2.24) is 19.4 Å². The largest absolute Gasteiger partial charge is 0.480 e. The summed E-state index contributed by atoms with van der Waals surface area (Å²) in [4.78, 5) is 32.4. The zero-order valence-electron chi connectivity index (χ0n) is 20.8. The van der Waals surface area contributed by atoms with Crippen LogP contribution in [0.4, 0.5) is 10.5 Å².